The molecule has 25 heavy (non-hydrogen) atoms. The van der Waals surface area contributed by atoms with Gasteiger partial charge in [-0.1, -0.05) is 32.1 Å². The molecule has 0 aromatic heterocycles. The summed E-state index contributed by atoms with van der Waals surface area (Å²) < 4.78 is 0. The molecule has 1 heterocycles. The molecule has 0 spiro atoms. The van der Waals surface area contributed by atoms with Gasteiger partial charge >= 0.3 is 0 Å². The van der Waals surface area contributed by atoms with Gasteiger partial charge in [-0.25, -0.2) is 5.84 Å². The predicted molar refractivity (Wildman–Crippen MR) is 103 cm³/mol. The highest BCUT2D eigenvalue weighted by atomic mass is 16.2. The largest absolute Gasteiger partial charge is 0.340 e. The van der Waals surface area contributed by atoms with Crippen LogP contribution in [0.15, 0.2) is 41.2 Å². The standard InChI is InChI=1S/C18H32N6O/c1-4-9-22-10-12-23(13-11-22)18(25)14-16(5-2)7-8-17(6-3)24(20)15-21-19/h6-8,15H,3-5,9-14,19-20H2,1-2H3/b16-7+,17-8+,21-15-. The molecule has 0 aromatic carbocycles. The van der Waals surface area contributed by atoms with Crippen LogP contribution in [0.5, 0.6) is 0 Å². The number of nitrogens with two attached hydrogens (primary N) is 2. The molecule has 0 saturated carbocycles. The number of nitrogens with zero attached hydrogens (tertiary/aromatic N) is 4. The van der Waals surface area contributed by atoms with Crippen molar-refractivity contribution in [2.45, 2.75) is 33.1 Å². The van der Waals surface area contributed by atoms with E-state index in [1.54, 1.807) is 6.08 Å². The average molecular weight is 348 g/mol. The monoisotopic (exact) mass is 348 g/mol. The zero-order chi connectivity index (χ0) is 18.7. The van der Waals surface area contributed by atoms with Crippen molar-refractivity contribution in [2.24, 2.45) is 16.8 Å². The summed E-state index contributed by atoms with van der Waals surface area (Å²) in [6.07, 6.45) is 9.04. The van der Waals surface area contributed by atoms with E-state index in [1.807, 2.05) is 24.0 Å². The van der Waals surface area contributed by atoms with E-state index in [0.29, 0.717) is 12.1 Å². The fourth-order valence-corrected chi connectivity index (χ4v) is 2.75. The number of piperazine rings is 1. The number of allylic oxidation sites excluding steroid dienone is 3. The molecular weight excluding hydrogens is 316 g/mol. The summed E-state index contributed by atoms with van der Waals surface area (Å²) in [5, 5.41) is 4.67. The average Bonchev–Trinajstić information content (AvgIpc) is 2.62. The molecule has 0 aromatic rings. The fraction of sp³-hybridized carbons (Fsp3) is 0.556. The lowest BCUT2D eigenvalue weighted by molar-refractivity contribution is -0.132. The summed E-state index contributed by atoms with van der Waals surface area (Å²) in [7, 11) is 0. The van der Waals surface area contributed by atoms with Crippen LogP contribution in [-0.2, 0) is 4.79 Å². The normalized spacial score (nSPS) is 17.2. The van der Waals surface area contributed by atoms with Crippen LogP contribution >= 0.6 is 0 Å². The maximum Gasteiger partial charge on any atom is 0.226 e. The van der Waals surface area contributed by atoms with Crippen molar-refractivity contribution in [3.63, 3.8) is 0 Å². The Morgan fingerprint density at radius 3 is 2.44 bits per heavy atom. The first-order valence-electron chi connectivity index (χ1n) is 8.85. The Morgan fingerprint density at radius 2 is 1.92 bits per heavy atom. The van der Waals surface area contributed by atoms with Gasteiger partial charge in [0, 0.05) is 32.6 Å². The Kier molecular flexibility index (Phi) is 9.57. The molecule has 140 valence electrons. The Morgan fingerprint density at radius 1 is 1.24 bits per heavy atom. The third-order valence-electron chi connectivity index (χ3n) is 4.29. The number of hydrazine groups is 1. The van der Waals surface area contributed by atoms with Crippen LogP contribution in [0.1, 0.15) is 33.1 Å². The number of carbonyl (C=O) groups excluding carboxylic acids is 1. The van der Waals surface area contributed by atoms with Crippen molar-refractivity contribution in [1.29, 1.82) is 0 Å². The van der Waals surface area contributed by atoms with Crippen molar-refractivity contribution in [1.82, 2.24) is 14.8 Å². The molecule has 1 aliphatic heterocycles. The van der Waals surface area contributed by atoms with Crippen molar-refractivity contribution in [2.75, 3.05) is 32.7 Å². The lowest BCUT2D eigenvalue weighted by Gasteiger charge is -2.34. The molecule has 1 fully saturated rings. The minimum atomic E-state index is 0.186. The van der Waals surface area contributed by atoms with Crippen LogP contribution in [0.4, 0.5) is 0 Å². The summed E-state index contributed by atoms with van der Waals surface area (Å²) in [5.74, 6) is 11.1. The maximum atomic E-state index is 12.5. The van der Waals surface area contributed by atoms with Crippen LogP contribution in [-0.4, -0.2) is 59.8 Å². The lowest BCUT2D eigenvalue weighted by atomic mass is 10.1. The van der Waals surface area contributed by atoms with Gasteiger partial charge in [0.05, 0.1) is 5.70 Å². The SMILES string of the molecule is C=C/C(=C\C=C(/CC)CC(=O)N1CCN(CCC)CC1)N(N)/C=N\N. The first-order valence-corrected chi connectivity index (χ1v) is 8.85. The molecule has 1 saturated heterocycles. The van der Waals surface area contributed by atoms with Gasteiger partial charge in [0.25, 0.3) is 0 Å². The Bertz CT molecular complexity index is 518. The van der Waals surface area contributed by atoms with Crippen LogP contribution in [0, 0.1) is 0 Å². The predicted octanol–water partition coefficient (Wildman–Crippen LogP) is 1.41. The fourth-order valence-electron chi connectivity index (χ4n) is 2.75. The van der Waals surface area contributed by atoms with Crippen molar-refractivity contribution < 1.29 is 4.79 Å². The summed E-state index contributed by atoms with van der Waals surface area (Å²) in [5.41, 5.74) is 1.71. The van der Waals surface area contributed by atoms with Gasteiger partial charge in [-0.05, 0) is 31.5 Å². The zero-order valence-corrected chi connectivity index (χ0v) is 15.5. The summed E-state index contributed by atoms with van der Waals surface area (Å²) in [4.78, 5) is 16.9. The van der Waals surface area contributed by atoms with E-state index in [-0.39, 0.29) is 5.91 Å². The third-order valence-corrected chi connectivity index (χ3v) is 4.29. The highest BCUT2D eigenvalue weighted by Gasteiger charge is 2.20. The number of hydrogen-bond donors (Lipinski definition) is 2. The molecular formula is C18H32N6O. The van der Waals surface area contributed by atoms with Gasteiger partial charge in [-0.3, -0.25) is 14.7 Å². The number of hydrogen-bond acceptors (Lipinski definition) is 5. The molecule has 0 bridgehead atoms. The van der Waals surface area contributed by atoms with E-state index in [0.717, 1.165) is 51.1 Å². The van der Waals surface area contributed by atoms with E-state index in [2.05, 4.69) is 23.5 Å². The van der Waals surface area contributed by atoms with Crippen LogP contribution in [0.25, 0.3) is 0 Å². The summed E-state index contributed by atoms with van der Waals surface area (Å²) in [6, 6.07) is 0. The van der Waals surface area contributed by atoms with E-state index in [9.17, 15) is 4.79 Å². The number of amides is 1. The first-order chi connectivity index (χ1) is 12.0. The number of hydrazone groups is 1. The Hall–Kier alpha value is -2.12. The second-order valence-corrected chi connectivity index (χ2v) is 6.05. The molecule has 7 heteroatoms. The van der Waals surface area contributed by atoms with Crippen LogP contribution < -0.4 is 11.7 Å². The van der Waals surface area contributed by atoms with Gasteiger partial charge < -0.3 is 10.7 Å². The van der Waals surface area contributed by atoms with Gasteiger partial charge in [0.2, 0.25) is 5.91 Å². The van der Waals surface area contributed by atoms with Gasteiger partial charge in [-0.15, -0.1) is 0 Å². The van der Waals surface area contributed by atoms with Gasteiger partial charge in [0.1, 0.15) is 6.34 Å². The van der Waals surface area contributed by atoms with Crippen LogP contribution in [0.3, 0.4) is 0 Å². The third kappa shape index (κ3) is 7.11. The van der Waals surface area contributed by atoms with E-state index >= 15 is 0 Å². The molecule has 0 aliphatic carbocycles. The maximum absolute atomic E-state index is 12.5. The molecule has 0 unspecified atom stereocenters. The number of rotatable bonds is 9. The van der Waals surface area contributed by atoms with Crippen LogP contribution in [0.2, 0.25) is 0 Å². The number of carbonyl (C=O) groups is 1. The van der Waals surface area contributed by atoms with Crippen molar-refractivity contribution in [3.8, 4) is 0 Å². The smallest absolute Gasteiger partial charge is 0.226 e. The van der Waals surface area contributed by atoms with E-state index < -0.39 is 0 Å². The van der Waals surface area contributed by atoms with E-state index in [4.69, 9.17) is 11.7 Å². The minimum Gasteiger partial charge on any atom is -0.340 e. The first kappa shape index (κ1) is 20.9. The highest BCUT2D eigenvalue weighted by molar-refractivity contribution is 5.79. The summed E-state index contributed by atoms with van der Waals surface area (Å²) in [6.45, 7) is 12.6. The molecule has 4 N–H and O–H groups in total. The Labute approximate surface area is 151 Å². The van der Waals surface area contributed by atoms with Gasteiger partial charge in [-0.2, -0.15) is 5.10 Å². The van der Waals surface area contributed by atoms with Crippen molar-refractivity contribution >= 4 is 12.2 Å². The quantitative estimate of drug-likeness (QED) is 0.216. The second kappa shape index (κ2) is 11.4. The van der Waals surface area contributed by atoms with Gasteiger partial charge in [0.15, 0.2) is 0 Å². The molecule has 0 atom stereocenters. The molecule has 1 rings (SSSR count). The molecule has 1 aliphatic rings. The zero-order valence-electron chi connectivity index (χ0n) is 15.5. The Balaban J connectivity index is 2.65. The summed E-state index contributed by atoms with van der Waals surface area (Å²) >= 11 is 0. The second-order valence-electron chi connectivity index (χ2n) is 6.05. The molecule has 0 radical (unpaired) electrons. The van der Waals surface area contributed by atoms with E-state index in [1.165, 1.54) is 11.3 Å². The highest BCUT2D eigenvalue weighted by Crippen LogP contribution is 2.13. The van der Waals surface area contributed by atoms with Crippen molar-refractivity contribution in [3.05, 3.63) is 36.1 Å². The topological polar surface area (TPSA) is 91.2 Å². The lowest BCUT2D eigenvalue weighted by Crippen LogP contribution is -2.48. The molecule has 1 amide bonds. The minimum absolute atomic E-state index is 0.186. The molecule has 7 nitrogen and oxygen atoms in total.